The minimum atomic E-state index is -1.32. The van der Waals surface area contributed by atoms with E-state index in [0.29, 0.717) is 29.6 Å². The Hall–Kier alpha value is -2.06. The molecule has 1 saturated heterocycles. The third-order valence-corrected chi connectivity index (χ3v) is 5.33. The van der Waals surface area contributed by atoms with Crippen molar-refractivity contribution >= 4 is 46.3 Å². The number of ether oxygens (including phenoxy) is 2. The average Bonchev–Trinajstić information content (AvgIpc) is 2.89. The largest absolute Gasteiger partial charge is 0.548 e. The molecule has 28 heavy (non-hydrogen) atoms. The van der Waals surface area contributed by atoms with Crippen molar-refractivity contribution in [3.8, 4) is 11.5 Å². The van der Waals surface area contributed by atoms with E-state index in [2.05, 4.69) is 0 Å². The van der Waals surface area contributed by atoms with E-state index in [0.717, 1.165) is 28.6 Å². The van der Waals surface area contributed by atoms with E-state index in [1.54, 1.807) is 32.1 Å². The number of rotatable bonds is 9. The van der Waals surface area contributed by atoms with Crippen molar-refractivity contribution in [3.63, 3.8) is 0 Å². The fraction of sp³-hybridized carbons (Fsp3) is 0.450. The molecule has 1 aromatic rings. The van der Waals surface area contributed by atoms with Gasteiger partial charge in [0.1, 0.15) is 4.32 Å². The van der Waals surface area contributed by atoms with Gasteiger partial charge in [0.05, 0.1) is 30.1 Å². The molecule has 0 spiro atoms. The van der Waals surface area contributed by atoms with Crippen LogP contribution in [-0.4, -0.2) is 40.4 Å². The van der Waals surface area contributed by atoms with Crippen molar-refractivity contribution in [2.24, 2.45) is 5.92 Å². The lowest BCUT2D eigenvalue weighted by Crippen LogP contribution is -2.52. The Morgan fingerprint density at radius 3 is 2.57 bits per heavy atom. The second-order valence-corrected chi connectivity index (χ2v) is 8.22. The first-order valence-corrected chi connectivity index (χ1v) is 10.4. The number of amides is 1. The maximum absolute atomic E-state index is 12.8. The number of hydrogen-bond acceptors (Lipinski definition) is 7. The Morgan fingerprint density at radius 1 is 1.29 bits per heavy atom. The Kier molecular flexibility index (Phi) is 7.88. The third-order valence-electron chi connectivity index (χ3n) is 4.00. The summed E-state index contributed by atoms with van der Waals surface area (Å²) in [6, 6.07) is 4.31. The summed E-state index contributed by atoms with van der Waals surface area (Å²) in [6.45, 7) is 8.40. The summed E-state index contributed by atoms with van der Waals surface area (Å²) in [6.07, 6.45) is 2.56. The average molecular weight is 423 g/mol. The Morgan fingerprint density at radius 2 is 2.00 bits per heavy atom. The van der Waals surface area contributed by atoms with Crippen molar-refractivity contribution in [2.75, 3.05) is 13.2 Å². The third kappa shape index (κ3) is 5.05. The monoisotopic (exact) mass is 422 g/mol. The number of thiocarbonyl (C=S) groups is 1. The summed E-state index contributed by atoms with van der Waals surface area (Å²) in [5.41, 5.74) is 0.738. The van der Waals surface area contributed by atoms with Gasteiger partial charge in [-0.1, -0.05) is 50.8 Å². The molecule has 6 nitrogen and oxygen atoms in total. The lowest BCUT2D eigenvalue weighted by Gasteiger charge is -2.30. The number of aliphatic carboxylic acids is 1. The highest BCUT2D eigenvalue weighted by atomic mass is 32.2. The van der Waals surface area contributed by atoms with E-state index in [-0.39, 0.29) is 10.2 Å². The molecule has 1 aliphatic heterocycles. The molecule has 1 heterocycles. The molecule has 0 radical (unpaired) electrons. The van der Waals surface area contributed by atoms with Crippen LogP contribution in [0.3, 0.4) is 0 Å². The van der Waals surface area contributed by atoms with Crippen LogP contribution in [0.4, 0.5) is 0 Å². The molecule has 1 fully saturated rings. The SMILES string of the molecule is CCCOc1ccc(/C=C2\SC(=S)N([C@H](C(=O)[O-])C(C)C)C2=O)cc1OCC. The van der Waals surface area contributed by atoms with Gasteiger partial charge in [0.15, 0.2) is 11.5 Å². The molecule has 1 atom stereocenters. The van der Waals surface area contributed by atoms with Crippen molar-refractivity contribution in [2.45, 2.75) is 40.2 Å². The summed E-state index contributed by atoms with van der Waals surface area (Å²) in [7, 11) is 0. The highest BCUT2D eigenvalue weighted by Gasteiger charge is 2.39. The van der Waals surface area contributed by atoms with Gasteiger partial charge in [-0.2, -0.15) is 0 Å². The maximum atomic E-state index is 12.8. The smallest absolute Gasteiger partial charge is 0.266 e. The minimum absolute atomic E-state index is 0.215. The second kappa shape index (κ2) is 9.93. The number of carboxylic acid groups (broad SMARTS) is 1. The lowest BCUT2D eigenvalue weighted by atomic mass is 10.0. The predicted molar refractivity (Wildman–Crippen MR) is 112 cm³/mol. The molecule has 0 N–H and O–H groups in total. The highest BCUT2D eigenvalue weighted by molar-refractivity contribution is 8.26. The molecule has 0 aliphatic carbocycles. The zero-order valence-electron chi connectivity index (χ0n) is 16.4. The molecule has 1 amide bonds. The topological polar surface area (TPSA) is 78.9 Å². The summed E-state index contributed by atoms with van der Waals surface area (Å²) < 4.78 is 11.5. The van der Waals surface area contributed by atoms with Crippen molar-refractivity contribution in [1.82, 2.24) is 4.90 Å². The first-order valence-electron chi connectivity index (χ1n) is 9.17. The molecule has 0 aromatic heterocycles. The van der Waals surface area contributed by atoms with Crippen LogP contribution in [0, 0.1) is 5.92 Å². The molecule has 8 heteroatoms. The van der Waals surface area contributed by atoms with Crippen LogP contribution in [0.1, 0.15) is 39.7 Å². The van der Waals surface area contributed by atoms with Gasteiger partial charge in [0.2, 0.25) is 0 Å². The quantitative estimate of drug-likeness (QED) is 0.447. The molecular formula is C20H24NO5S2-. The molecule has 152 valence electrons. The van der Waals surface area contributed by atoms with Gasteiger partial charge in [-0.15, -0.1) is 0 Å². The summed E-state index contributed by atoms with van der Waals surface area (Å²) >= 11 is 6.34. The van der Waals surface area contributed by atoms with Crippen LogP contribution in [-0.2, 0) is 9.59 Å². The predicted octanol–water partition coefficient (Wildman–Crippen LogP) is 2.85. The number of carboxylic acids is 1. The van der Waals surface area contributed by atoms with Crippen LogP contribution in [0.25, 0.3) is 6.08 Å². The van der Waals surface area contributed by atoms with Gasteiger partial charge < -0.3 is 19.4 Å². The Labute approximate surface area is 174 Å². The molecule has 0 saturated carbocycles. The fourth-order valence-electron chi connectivity index (χ4n) is 2.76. The zero-order valence-corrected chi connectivity index (χ0v) is 18.0. The number of hydrogen-bond donors (Lipinski definition) is 0. The van der Waals surface area contributed by atoms with E-state index >= 15 is 0 Å². The van der Waals surface area contributed by atoms with Crippen LogP contribution in [0.2, 0.25) is 0 Å². The van der Waals surface area contributed by atoms with Crippen molar-refractivity contribution in [1.29, 1.82) is 0 Å². The summed E-state index contributed by atoms with van der Waals surface area (Å²) in [5, 5.41) is 11.5. The molecular weight excluding hydrogens is 398 g/mol. The number of nitrogens with zero attached hydrogens (tertiary/aromatic N) is 1. The van der Waals surface area contributed by atoms with Crippen LogP contribution < -0.4 is 14.6 Å². The first-order chi connectivity index (χ1) is 13.3. The minimum Gasteiger partial charge on any atom is -0.548 e. The molecule has 2 rings (SSSR count). The zero-order chi connectivity index (χ0) is 20.8. The van der Waals surface area contributed by atoms with E-state index in [1.807, 2.05) is 19.9 Å². The number of carbonyl (C=O) groups is 2. The lowest BCUT2D eigenvalue weighted by molar-refractivity contribution is -0.311. The van der Waals surface area contributed by atoms with E-state index in [4.69, 9.17) is 21.7 Å². The van der Waals surface area contributed by atoms with E-state index in [9.17, 15) is 14.7 Å². The van der Waals surface area contributed by atoms with Gasteiger partial charge >= 0.3 is 0 Å². The van der Waals surface area contributed by atoms with Crippen LogP contribution in [0.15, 0.2) is 23.1 Å². The van der Waals surface area contributed by atoms with Crippen molar-refractivity contribution < 1.29 is 24.2 Å². The van der Waals surface area contributed by atoms with E-state index in [1.165, 1.54) is 0 Å². The van der Waals surface area contributed by atoms with Gasteiger partial charge in [-0.25, -0.2) is 0 Å². The Bertz CT molecular complexity index is 791. The van der Waals surface area contributed by atoms with E-state index < -0.39 is 17.9 Å². The number of carbonyl (C=O) groups excluding carboxylic acids is 2. The van der Waals surface area contributed by atoms with Crippen LogP contribution >= 0.6 is 24.0 Å². The standard InChI is InChI=1S/C20H25NO5S2/c1-5-9-26-14-8-7-13(10-15(14)25-6-2)11-16-18(22)21(20(27)28-16)17(12(3)4)19(23)24/h7-8,10-12,17H,5-6,9H2,1-4H3,(H,23,24)/p-1/b16-11-/t17-/m0/s1. The maximum Gasteiger partial charge on any atom is 0.266 e. The first kappa shape index (κ1) is 22.2. The van der Waals surface area contributed by atoms with Crippen LogP contribution in [0.5, 0.6) is 11.5 Å². The van der Waals surface area contributed by atoms with Gasteiger partial charge in [-0.3, -0.25) is 9.69 Å². The second-order valence-electron chi connectivity index (χ2n) is 6.55. The summed E-state index contributed by atoms with van der Waals surface area (Å²) in [5.74, 6) is -0.836. The summed E-state index contributed by atoms with van der Waals surface area (Å²) in [4.78, 5) is 25.8. The molecule has 0 bridgehead atoms. The van der Waals surface area contributed by atoms with Gasteiger partial charge in [0.25, 0.3) is 5.91 Å². The molecule has 1 aromatic carbocycles. The highest BCUT2D eigenvalue weighted by Crippen LogP contribution is 2.36. The number of thioether (sulfide) groups is 1. The number of benzene rings is 1. The fourth-order valence-corrected chi connectivity index (χ4v) is 4.09. The molecule has 1 aliphatic rings. The normalized spacial score (nSPS) is 16.8. The van der Waals surface area contributed by atoms with Crippen molar-refractivity contribution in [3.05, 3.63) is 28.7 Å². The van der Waals surface area contributed by atoms with Gasteiger partial charge in [-0.05, 0) is 43.0 Å². The molecule has 0 unspecified atom stereocenters. The Balaban J connectivity index is 2.32. The van der Waals surface area contributed by atoms with Gasteiger partial charge in [0, 0.05) is 0 Å².